The Morgan fingerprint density at radius 3 is 2.28 bits per heavy atom. The van der Waals surface area contributed by atoms with Crippen LogP contribution >= 0.6 is 0 Å². The molecular weight excluding hydrogens is 248 g/mol. The fourth-order valence-corrected chi connectivity index (χ4v) is 3.02. The predicted octanol–water partition coefficient (Wildman–Crippen LogP) is 1.09. The lowest BCUT2D eigenvalue weighted by molar-refractivity contribution is 0.392. The summed E-state index contributed by atoms with van der Waals surface area (Å²) in [5, 5.41) is 3.18. The Labute approximate surface area is 108 Å². The van der Waals surface area contributed by atoms with Gasteiger partial charge in [0.1, 0.15) is 0 Å². The van der Waals surface area contributed by atoms with Gasteiger partial charge in [-0.05, 0) is 37.6 Å². The molecular formula is C13H20N2O2S. The van der Waals surface area contributed by atoms with Gasteiger partial charge in [0.05, 0.1) is 4.90 Å². The molecule has 1 aromatic rings. The van der Waals surface area contributed by atoms with Gasteiger partial charge in [0.25, 0.3) is 0 Å². The first kappa shape index (κ1) is 13.5. The van der Waals surface area contributed by atoms with Gasteiger partial charge in [-0.25, -0.2) is 8.42 Å². The third-order valence-corrected chi connectivity index (χ3v) is 4.88. The number of benzene rings is 1. The lowest BCUT2D eigenvalue weighted by Gasteiger charge is -2.23. The Bertz CT molecular complexity index is 518. The molecule has 1 unspecified atom stereocenters. The number of hydrogen-bond acceptors (Lipinski definition) is 4. The zero-order valence-corrected chi connectivity index (χ0v) is 11.6. The molecule has 0 aliphatic heterocycles. The minimum atomic E-state index is -3.13. The van der Waals surface area contributed by atoms with Crippen molar-refractivity contribution in [1.82, 2.24) is 5.32 Å². The number of nitrogens with two attached hydrogens (primary N) is 1. The second kappa shape index (κ2) is 4.64. The second-order valence-electron chi connectivity index (χ2n) is 5.21. The Kier molecular flexibility index (Phi) is 3.49. The van der Waals surface area contributed by atoms with E-state index >= 15 is 0 Å². The van der Waals surface area contributed by atoms with Crippen molar-refractivity contribution in [2.75, 3.05) is 19.8 Å². The van der Waals surface area contributed by atoms with Crippen LogP contribution in [0.15, 0.2) is 29.2 Å². The molecule has 1 saturated carbocycles. The Balaban J connectivity index is 2.20. The van der Waals surface area contributed by atoms with E-state index in [4.69, 9.17) is 5.73 Å². The molecule has 100 valence electrons. The molecule has 1 aliphatic carbocycles. The molecule has 1 atom stereocenters. The molecule has 1 aromatic carbocycles. The van der Waals surface area contributed by atoms with Crippen molar-refractivity contribution in [3.8, 4) is 0 Å². The van der Waals surface area contributed by atoms with Gasteiger partial charge in [0.2, 0.25) is 0 Å². The Morgan fingerprint density at radius 2 is 1.89 bits per heavy atom. The van der Waals surface area contributed by atoms with Crippen LogP contribution in [0.2, 0.25) is 0 Å². The van der Waals surface area contributed by atoms with E-state index in [0.29, 0.717) is 4.90 Å². The lowest BCUT2D eigenvalue weighted by atomic mass is 9.91. The normalized spacial score (nSPS) is 19.5. The van der Waals surface area contributed by atoms with Gasteiger partial charge in [-0.2, -0.15) is 0 Å². The smallest absolute Gasteiger partial charge is 0.175 e. The van der Waals surface area contributed by atoms with Crippen LogP contribution in [0.1, 0.15) is 24.4 Å². The molecule has 18 heavy (non-hydrogen) atoms. The van der Waals surface area contributed by atoms with Crippen molar-refractivity contribution in [2.24, 2.45) is 11.1 Å². The molecule has 0 bridgehead atoms. The van der Waals surface area contributed by atoms with Crippen LogP contribution in [-0.2, 0) is 9.84 Å². The fraction of sp³-hybridized carbons (Fsp3) is 0.538. The summed E-state index contributed by atoms with van der Waals surface area (Å²) in [5.74, 6) is 0. The van der Waals surface area contributed by atoms with E-state index < -0.39 is 9.84 Å². The fourth-order valence-electron chi connectivity index (χ4n) is 2.39. The molecule has 1 fully saturated rings. The lowest BCUT2D eigenvalue weighted by Crippen LogP contribution is -2.31. The molecule has 0 heterocycles. The maximum absolute atomic E-state index is 11.4. The molecule has 2 rings (SSSR count). The van der Waals surface area contributed by atoms with Gasteiger partial charge < -0.3 is 11.1 Å². The van der Waals surface area contributed by atoms with E-state index in [2.05, 4.69) is 5.32 Å². The van der Waals surface area contributed by atoms with E-state index in [9.17, 15) is 8.42 Å². The van der Waals surface area contributed by atoms with Gasteiger partial charge >= 0.3 is 0 Å². The molecule has 3 N–H and O–H groups in total. The van der Waals surface area contributed by atoms with Gasteiger partial charge in [-0.3, -0.25) is 0 Å². The molecule has 0 radical (unpaired) electrons. The van der Waals surface area contributed by atoms with E-state index in [1.165, 1.54) is 6.26 Å². The molecule has 1 aliphatic rings. The Hall–Kier alpha value is -0.910. The van der Waals surface area contributed by atoms with E-state index in [1.54, 1.807) is 12.1 Å². The molecule has 0 aromatic heterocycles. The first-order chi connectivity index (χ1) is 8.39. The first-order valence-electron chi connectivity index (χ1n) is 6.09. The maximum atomic E-state index is 11.4. The van der Waals surface area contributed by atoms with Crippen LogP contribution < -0.4 is 11.1 Å². The average molecular weight is 268 g/mol. The number of hydrogen-bond donors (Lipinski definition) is 2. The number of rotatable bonds is 5. The second-order valence-corrected chi connectivity index (χ2v) is 7.23. The van der Waals surface area contributed by atoms with E-state index in [-0.39, 0.29) is 11.5 Å². The largest absolute Gasteiger partial charge is 0.323 e. The predicted molar refractivity (Wildman–Crippen MR) is 72.1 cm³/mol. The van der Waals surface area contributed by atoms with Crippen molar-refractivity contribution in [2.45, 2.75) is 23.8 Å². The summed E-state index contributed by atoms with van der Waals surface area (Å²) in [6, 6.07) is 6.91. The van der Waals surface area contributed by atoms with Gasteiger partial charge in [-0.1, -0.05) is 12.1 Å². The highest BCUT2D eigenvalue weighted by atomic mass is 32.2. The van der Waals surface area contributed by atoms with Crippen LogP contribution in [-0.4, -0.2) is 28.3 Å². The molecule has 4 nitrogen and oxygen atoms in total. The van der Waals surface area contributed by atoms with Crippen molar-refractivity contribution in [3.05, 3.63) is 29.8 Å². The average Bonchev–Trinajstić information content (AvgIpc) is 3.09. The third kappa shape index (κ3) is 2.58. The number of sulfone groups is 1. The van der Waals surface area contributed by atoms with E-state index in [0.717, 1.165) is 24.9 Å². The summed E-state index contributed by atoms with van der Waals surface area (Å²) < 4.78 is 22.8. The first-order valence-corrected chi connectivity index (χ1v) is 7.98. The van der Waals surface area contributed by atoms with Crippen molar-refractivity contribution in [1.29, 1.82) is 0 Å². The topological polar surface area (TPSA) is 72.2 Å². The van der Waals surface area contributed by atoms with Crippen molar-refractivity contribution < 1.29 is 8.42 Å². The van der Waals surface area contributed by atoms with Gasteiger partial charge in [0, 0.05) is 24.3 Å². The molecule has 0 amide bonds. The third-order valence-electron chi connectivity index (χ3n) is 3.75. The van der Waals surface area contributed by atoms with Gasteiger partial charge in [0.15, 0.2) is 9.84 Å². The standard InChI is InChI=1S/C13H20N2O2S/c1-15-9-13(7-8-13)12(14)10-3-5-11(6-4-10)18(2,16)17/h3-6,12,15H,7-9,14H2,1-2H3. The van der Waals surface area contributed by atoms with Crippen molar-refractivity contribution in [3.63, 3.8) is 0 Å². The van der Waals surface area contributed by atoms with Crippen LogP contribution in [0.25, 0.3) is 0 Å². The maximum Gasteiger partial charge on any atom is 0.175 e. The summed E-state index contributed by atoms with van der Waals surface area (Å²) in [5.41, 5.74) is 7.45. The summed E-state index contributed by atoms with van der Waals surface area (Å²) in [6.07, 6.45) is 3.47. The molecule has 0 saturated heterocycles. The number of nitrogens with one attached hydrogen (secondary N) is 1. The highest BCUT2D eigenvalue weighted by molar-refractivity contribution is 7.90. The highest BCUT2D eigenvalue weighted by Gasteiger charge is 2.47. The zero-order chi connectivity index (χ0) is 13.4. The minimum absolute atomic E-state index is 0.0291. The highest BCUT2D eigenvalue weighted by Crippen LogP contribution is 2.53. The van der Waals surface area contributed by atoms with Crippen LogP contribution in [0.3, 0.4) is 0 Å². The van der Waals surface area contributed by atoms with E-state index in [1.807, 2.05) is 19.2 Å². The van der Waals surface area contributed by atoms with Crippen LogP contribution in [0, 0.1) is 5.41 Å². The van der Waals surface area contributed by atoms with Crippen LogP contribution in [0.5, 0.6) is 0 Å². The SMILES string of the molecule is CNCC1(C(N)c2ccc(S(C)(=O)=O)cc2)CC1. The monoisotopic (exact) mass is 268 g/mol. The summed E-state index contributed by atoms with van der Waals surface area (Å²) >= 11 is 0. The molecule has 0 spiro atoms. The molecule has 5 heteroatoms. The summed E-state index contributed by atoms with van der Waals surface area (Å²) in [6.45, 7) is 0.905. The van der Waals surface area contributed by atoms with Gasteiger partial charge in [-0.15, -0.1) is 0 Å². The van der Waals surface area contributed by atoms with Crippen LogP contribution in [0.4, 0.5) is 0 Å². The zero-order valence-electron chi connectivity index (χ0n) is 10.8. The van der Waals surface area contributed by atoms with Crippen molar-refractivity contribution >= 4 is 9.84 Å². The minimum Gasteiger partial charge on any atom is -0.323 e. The quantitative estimate of drug-likeness (QED) is 0.838. The summed E-state index contributed by atoms with van der Waals surface area (Å²) in [4.78, 5) is 0.344. The summed E-state index contributed by atoms with van der Waals surface area (Å²) in [7, 11) is -1.20. The Morgan fingerprint density at radius 1 is 1.33 bits per heavy atom.